The van der Waals surface area contributed by atoms with E-state index >= 15 is 0 Å². The van der Waals surface area contributed by atoms with Gasteiger partial charge in [0.25, 0.3) is 0 Å². The molecule has 0 aromatic heterocycles. The van der Waals surface area contributed by atoms with E-state index in [2.05, 4.69) is 26.2 Å². The van der Waals surface area contributed by atoms with Gasteiger partial charge in [0.1, 0.15) is 5.82 Å². The number of ether oxygens (including phenoxy) is 2. The fourth-order valence-electron chi connectivity index (χ4n) is 1.58. The Hall–Kier alpha value is -2.71. The quantitative estimate of drug-likeness (QED) is 0.343. The molecule has 0 atom stereocenters. The number of benzene rings is 1. The average molecular weight is 346 g/mol. The number of carbonyl (C=O) groups is 1. The highest BCUT2D eigenvalue weighted by molar-refractivity contribution is 6.00. The van der Waals surface area contributed by atoms with Gasteiger partial charge in [0.05, 0.1) is 18.9 Å². The number of hydrogen-bond donors (Lipinski definition) is 0. The average Bonchev–Trinajstić information content (AvgIpc) is 2.51. The molecule has 0 aliphatic heterocycles. The van der Waals surface area contributed by atoms with Crippen LogP contribution in [0.4, 0.5) is 17.6 Å². The van der Waals surface area contributed by atoms with E-state index in [1.807, 2.05) is 0 Å². The van der Waals surface area contributed by atoms with E-state index in [1.54, 1.807) is 0 Å². The highest BCUT2D eigenvalue weighted by atomic mass is 19.4. The smallest absolute Gasteiger partial charge is 0.422 e. The lowest BCUT2D eigenvalue weighted by Gasteiger charge is -2.10. The maximum Gasteiger partial charge on any atom is 0.422 e. The lowest BCUT2D eigenvalue weighted by atomic mass is 10.1. The number of rotatable bonds is 6. The molecule has 0 unspecified atom stereocenters. The van der Waals surface area contributed by atoms with Crippen molar-refractivity contribution in [1.29, 1.82) is 0 Å². The number of nitrogens with zero attached hydrogens (tertiary/aromatic N) is 2. The maximum atomic E-state index is 13.9. The predicted octanol–water partition coefficient (Wildman–Crippen LogP) is 3.50. The van der Waals surface area contributed by atoms with Gasteiger partial charge in [-0.05, 0) is 31.3 Å². The second kappa shape index (κ2) is 8.23. The number of carbonyl (C=O) groups excluding carboxylic acids is 1. The minimum atomic E-state index is -4.54. The molecule has 0 saturated heterocycles. The van der Waals surface area contributed by atoms with E-state index in [1.165, 1.54) is 19.1 Å². The standard InChI is InChI=1S/C15H14F4N2O3/c1-9(21-13(7-20-2)24-8-15(17,18)19)10-4-5-11(12(16)6-10)14(22)23-3/h4-7H,2,8H2,1,3H3/b13-7+,21-9?. The largest absolute Gasteiger partial charge is 0.467 e. The molecule has 9 heteroatoms. The Morgan fingerprint density at radius 3 is 2.54 bits per heavy atom. The second-order valence-corrected chi connectivity index (χ2v) is 4.44. The van der Waals surface area contributed by atoms with Crippen LogP contribution in [0.1, 0.15) is 22.8 Å². The summed E-state index contributed by atoms with van der Waals surface area (Å²) in [7, 11) is 1.11. The molecule has 0 saturated carbocycles. The summed E-state index contributed by atoms with van der Waals surface area (Å²) in [6, 6.07) is 3.56. The minimum Gasteiger partial charge on any atom is -0.467 e. The van der Waals surface area contributed by atoms with E-state index in [4.69, 9.17) is 0 Å². The fourth-order valence-corrected chi connectivity index (χ4v) is 1.58. The lowest BCUT2D eigenvalue weighted by molar-refractivity contribution is -0.165. The summed E-state index contributed by atoms with van der Waals surface area (Å²) >= 11 is 0. The van der Waals surface area contributed by atoms with Crippen LogP contribution in [0, 0.1) is 5.82 Å². The number of aliphatic imine (C=N–C) groups is 2. The molecule has 0 fully saturated rings. The monoisotopic (exact) mass is 346 g/mol. The lowest BCUT2D eigenvalue weighted by Crippen LogP contribution is -2.16. The normalized spacial score (nSPS) is 12.8. The molecular formula is C15H14F4N2O3. The van der Waals surface area contributed by atoms with E-state index in [0.717, 1.165) is 19.4 Å². The number of alkyl halides is 3. The summed E-state index contributed by atoms with van der Waals surface area (Å²) < 4.78 is 59.3. The van der Waals surface area contributed by atoms with Crippen LogP contribution in [0.25, 0.3) is 0 Å². The Morgan fingerprint density at radius 2 is 2.04 bits per heavy atom. The van der Waals surface area contributed by atoms with Crippen LogP contribution in [-0.2, 0) is 9.47 Å². The van der Waals surface area contributed by atoms with Crippen LogP contribution in [0.15, 0.2) is 40.3 Å². The summed E-state index contributed by atoms with van der Waals surface area (Å²) in [5.41, 5.74) is 0.124. The summed E-state index contributed by atoms with van der Waals surface area (Å²) in [5, 5.41) is 0. The van der Waals surface area contributed by atoms with Gasteiger partial charge in [-0.3, -0.25) is 4.99 Å². The van der Waals surface area contributed by atoms with Gasteiger partial charge in [0.2, 0.25) is 5.88 Å². The van der Waals surface area contributed by atoms with Gasteiger partial charge in [-0.1, -0.05) is 6.07 Å². The van der Waals surface area contributed by atoms with Gasteiger partial charge >= 0.3 is 12.1 Å². The first-order valence-electron chi connectivity index (χ1n) is 6.47. The Labute approximate surface area is 135 Å². The first kappa shape index (κ1) is 19.3. The molecule has 1 aromatic rings. The molecule has 130 valence electrons. The topological polar surface area (TPSA) is 60.2 Å². The van der Waals surface area contributed by atoms with Crippen molar-refractivity contribution in [3.8, 4) is 0 Å². The molecule has 0 aliphatic rings. The van der Waals surface area contributed by atoms with Crippen molar-refractivity contribution in [3.05, 3.63) is 47.2 Å². The van der Waals surface area contributed by atoms with Crippen LogP contribution >= 0.6 is 0 Å². The van der Waals surface area contributed by atoms with Gasteiger partial charge in [0, 0.05) is 5.71 Å². The van der Waals surface area contributed by atoms with Crippen molar-refractivity contribution in [3.63, 3.8) is 0 Å². The number of hydrogen-bond acceptors (Lipinski definition) is 5. The molecule has 5 nitrogen and oxygen atoms in total. The zero-order valence-electron chi connectivity index (χ0n) is 12.9. The Kier molecular flexibility index (Phi) is 6.63. The SMILES string of the molecule is C=N/C=C(\N=C(C)c1ccc(C(=O)OC)c(F)c1)OCC(F)(F)F. The van der Waals surface area contributed by atoms with E-state index < -0.39 is 30.5 Å². The third-order valence-corrected chi connectivity index (χ3v) is 2.66. The van der Waals surface area contributed by atoms with Gasteiger partial charge in [-0.2, -0.15) is 13.2 Å². The molecule has 0 aliphatic carbocycles. The third kappa shape index (κ3) is 5.82. The third-order valence-electron chi connectivity index (χ3n) is 2.66. The number of methoxy groups -OCH3 is 1. The van der Waals surface area contributed by atoms with Gasteiger partial charge in [-0.15, -0.1) is 0 Å². The van der Waals surface area contributed by atoms with E-state index in [-0.39, 0.29) is 16.8 Å². The summed E-state index contributed by atoms with van der Waals surface area (Å²) in [4.78, 5) is 18.4. The first-order valence-corrected chi connectivity index (χ1v) is 6.47. The highest BCUT2D eigenvalue weighted by Crippen LogP contribution is 2.18. The predicted molar refractivity (Wildman–Crippen MR) is 79.6 cm³/mol. The zero-order valence-corrected chi connectivity index (χ0v) is 12.9. The van der Waals surface area contributed by atoms with Crippen molar-refractivity contribution in [2.24, 2.45) is 9.98 Å². The molecule has 0 N–H and O–H groups in total. The van der Waals surface area contributed by atoms with Gasteiger partial charge in [0.15, 0.2) is 6.61 Å². The molecule has 24 heavy (non-hydrogen) atoms. The zero-order chi connectivity index (χ0) is 18.3. The summed E-state index contributed by atoms with van der Waals surface area (Å²) in [6.45, 7) is 2.99. The van der Waals surface area contributed by atoms with Crippen molar-refractivity contribution in [1.82, 2.24) is 0 Å². The van der Waals surface area contributed by atoms with Crippen molar-refractivity contribution in [2.75, 3.05) is 13.7 Å². The molecule has 1 aromatic carbocycles. The summed E-state index contributed by atoms with van der Waals surface area (Å²) in [6.07, 6.45) is -3.65. The molecule has 0 heterocycles. The van der Waals surface area contributed by atoms with Crippen LogP contribution in [0.5, 0.6) is 0 Å². The van der Waals surface area contributed by atoms with E-state index in [0.29, 0.717) is 0 Å². The fraction of sp³-hybridized carbons (Fsp3) is 0.267. The summed E-state index contributed by atoms with van der Waals surface area (Å²) in [5.74, 6) is -2.13. The molecule has 1 rings (SSSR count). The number of halogens is 4. The number of esters is 1. The van der Waals surface area contributed by atoms with Crippen molar-refractivity contribution in [2.45, 2.75) is 13.1 Å². The minimum absolute atomic E-state index is 0.155. The van der Waals surface area contributed by atoms with Crippen molar-refractivity contribution < 1.29 is 31.8 Å². The Balaban J connectivity index is 3.05. The van der Waals surface area contributed by atoms with Gasteiger partial charge in [-0.25, -0.2) is 14.2 Å². The first-order chi connectivity index (χ1) is 11.2. The molecule has 0 spiro atoms. The maximum absolute atomic E-state index is 13.9. The van der Waals surface area contributed by atoms with Crippen LogP contribution < -0.4 is 0 Å². The van der Waals surface area contributed by atoms with Crippen molar-refractivity contribution >= 4 is 18.4 Å². The molecule has 0 amide bonds. The highest BCUT2D eigenvalue weighted by Gasteiger charge is 2.28. The molecule has 0 bridgehead atoms. The van der Waals surface area contributed by atoms with Gasteiger partial charge < -0.3 is 9.47 Å². The second-order valence-electron chi connectivity index (χ2n) is 4.44. The van der Waals surface area contributed by atoms with Crippen LogP contribution in [0.2, 0.25) is 0 Å². The van der Waals surface area contributed by atoms with Crippen LogP contribution in [-0.4, -0.2) is 38.3 Å². The molecule has 0 radical (unpaired) electrons. The Bertz CT molecular complexity index is 682. The molecular weight excluding hydrogens is 332 g/mol. The Morgan fingerprint density at radius 1 is 1.38 bits per heavy atom. The van der Waals surface area contributed by atoms with E-state index in [9.17, 15) is 22.4 Å². The van der Waals surface area contributed by atoms with Crippen LogP contribution in [0.3, 0.4) is 0 Å².